The molecule has 0 saturated heterocycles. The Balaban J connectivity index is 2.01. The first-order valence-corrected chi connectivity index (χ1v) is 7.28. The van der Waals surface area contributed by atoms with Crippen molar-refractivity contribution in [3.05, 3.63) is 62.3 Å². The van der Waals surface area contributed by atoms with Crippen LogP contribution in [0.5, 0.6) is 0 Å². The van der Waals surface area contributed by atoms with Crippen molar-refractivity contribution in [3.63, 3.8) is 0 Å². The van der Waals surface area contributed by atoms with Gasteiger partial charge in [-0.25, -0.2) is 0 Å². The number of para-hydroxylation sites is 1. The van der Waals surface area contributed by atoms with Crippen molar-refractivity contribution in [2.45, 2.75) is 13.2 Å². The molecule has 2 heterocycles. The van der Waals surface area contributed by atoms with Gasteiger partial charge in [0, 0.05) is 13.0 Å². The van der Waals surface area contributed by atoms with Crippen LogP contribution in [0.3, 0.4) is 0 Å². The van der Waals surface area contributed by atoms with Gasteiger partial charge in [-0.05, 0) is 17.5 Å². The Morgan fingerprint density at radius 3 is 2.77 bits per heavy atom. The second kappa shape index (κ2) is 5.57. The van der Waals surface area contributed by atoms with Crippen LogP contribution in [0.15, 0.2) is 46.9 Å². The minimum atomic E-state index is -0.934. The van der Waals surface area contributed by atoms with Crippen LogP contribution in [0.1, 0.15) is 23.6 Å². The van der Waals surface area contributed by atoms with Crippen LogP contribution in [0, 0.1) is 10.1 Å². The molecule has 1 atom stereocenters. The zero-order chi connectivity index (χ0) is 15.7. The number of carbonyl (C=O) groups is 1. The smallest absolute Gasteiger partial charge is 0.278 e. The maximum absolute atomic E-state index is 11.8. The van der Waals surface area contributed by atoms with Gasteiger partial charge in [-0.15, -0.1) is 16.4 Å². The second-order valence-corrected chi connectivity index (χ2v) is 5.48. The van der Waals surface area contributed by atoms with Crippen LogP contribution < -0.4 is 0 Å². The van der Waals surface area contributed by atoms with E-state index in [2.05, 4.69) is 5.10 Å². The third-order valence-corrected chi connectivity index (χ3v) is 3.96. The number of rotatable bonds is 3. The van der Waals surface area contributed by atoms with E-state index in [-0.39, 0.29) is 23.1 Å². The molecule has 22 heavy (non-hydrogen) atoms. The van der Waals surface area contributed by atoms with E-state index in [1.54, 1.807) is 18.2 Å². The van der Waals surface area contributed by atoms with Crippen LogP contribution in [-0.4, -0.2) is 21.7 Å². The summed E-state index contributed by atoms with van der Waals surface area (Å²) in [4.78, 5) is 23.2. The van der Waals surface area contributed by atoms with Crippen LogP contribution in [-0.2, 0) is 9.53 Å². The van der Waals surface area contributed by atoms with E-state index < -0.39 is 11.2 Å². The highest BCUT2D eigenvalue weighted by Gasteiger charge is 2.37. The molecule has 2 aromatic rings. The number of nitrogens with zero attached hydrogens (tertiary/aromatic N) is 3. The number of hydrogen-bond donors (Lipinski definition) is 0. The van der Waals surface area contributed by atoms with E-state index in [1.807, 2.05) is 17.5 Å². The molecule has 1 amide bonds. The lowest BCUT2D eigenvalue weighted by Gasteiger charge is -2.18. The van der Waals surface area contributed by atoms with Crippen molar-refractivity contribution in [2.75, 3.05) is 0 Å². The molecule has 0 N–H and O–H groups in total. The second-order valence-electron chi connectivity index (χ2n) is 4.53. The highest BCUT2D eigenvalue weighted by atomic mass is 32.1. The quantitative estimate of drug-likeness (QED) is 0.643. The van der Waals surface area contributed by atoms with Crippen LogP contribution in [0.25, 0.3) is 0 Å². The van der Waals surface area contributed by atoms with Crippen LogP contribution in [0.4, 0.5) is 5.69 Å². The standard InChI is InChI=1S/C14H11N3O4S/c1-9(18)16-14(10-5-2-3-6-11(10)17(19)20)21-13(15-16)12-7-4-8-22-12/h2-8,14H,1H3/t14-/m0/s1. The first-order valence-electron chi connectivity index (χ1n) is 6.40. The molecule has 1 aliphatic heterocycles. The van der Waals surface area contributed by atoms with Gasteiger partial charge >= 0.3 is 0 Å². The third-order valence-electron chi connectivity index (χ3n) is 3.10. The fraction of sp³-hybridized carbons (Fsp3) is 0.143. The molecule has 0 spiro atoms. The summed E-state index contributed by atoms with van der Waals surface area (Å²) in [5.74, 6) is -0.0666. The molecular weight excluding hydrogens is 306 g/mol. The molecule has 8 heteroatoms. The van der Waals surface area contributed by atoms with Crippen molar-refractivity contribution < 1.29 is 14.5 Å². The first-order chi connectivity index (χ1) is 10.6. The van der Waals surface area contributed by atoms with Crippen molar-refractivity contribution in [2.24, 2.45) is 5.10 Å². The zero-order valence-electron chi connectivity index (χ0n) is 11.5. The molecule has 0 unspecified atom stereocenters. The van der Waals surface area contributed by atoms with Crippen molar-refractivity contribution >= 4 is 28.8 Å². The minimum Gasteiger partial charge on any atom is -0.445 e. The Kier molecular flexibility index (Phi) is 3.60. The number of nitro benzene ring substituents is 1. The number of amides is 1. The Bertz CT molecular complexity index is 757. The summed E-state index contributed by atoms with van der Waals surface area (Å²) < 4.78 is 5.72. The van der Waals surface area contributed by atoms with Gasteiger partial charge in [0.05, 0.1) is 15.4 Å². The summed E-state index contributed by atoms with van der Waals surface area (Å²) in [6, 6.07) is 9.81. The lowest BCUT2D eigenvalue weighted by atomic mass is 10.1. The summed E-state index contributed by atoms with van der Waals surface area (Å²) in [5.41, 5.74) is 0.180. The lowest BCUT2D eigenvalue weighted by molar-refractivity contribution is -0.386. The third kappa shape index (κ3) is 2.44. The van der Waals surface area contributed by atoms with Gasteiger partial charge in [-0.2, -0.15) is 5.01 Å². The highest BCUT2D eigenvalue weighted by Crippen LogP contribution is 2.35. The molecule has 3 rings (SSSR count). The maximum atomic E-state index is 11.8. The average molecular weight is 317 g/mol. The Labute approximate surface area is 129 Å². The van der Waals surface area contributed by atoms with Crippen molar-refractivity contribution in [3.8, 4) is 0 Å². The molecule has 0 saturated carbocycles. The molecule has 7 nitrogen and oxygen atoms in total. The number of benzene rings is 1. The predicted molar refractivity (Wildman–Crippen MR) is 80.3 cm³/mol. The molecular formula is C14H11N3O4S. The largest absolute Gasteiger partial charge is 0.445 e. The zero-order valence-corrected chi connectivity index (χ0v) is 12.3. The predicted octanol–water partition coefficient (Wildman–Crippen LogP) is 2.90. The molecule has 0 fully saturated rings. The highest BCUT2D eigenvalue weighted by molar-refractivity contribution is 7.12. The van der Waals surface area contributed by atoms with Crippen molar-refractivity contribution in [1.29, 1.82) is 0 Å². The number of hydrazone groups is 1. The van der Waals surface area contributed by atoms with Crippen LogP contribution >= 0.6 is 11.3 Å². The van der Waals surface area contributed by atoms with Gasteiger partial charge in [-0.1, -0.05) is 18.2 Å². The summed E-state index contributed by atoms with van der Waals surface area (Å²) in [6.07, 6.45) is -0.934. The van der Waals surface area contributed by atoms with Gasteiger partial charge in [0.25, 0.3) is 11.6 Å². The summed E-state index contributed by atoms with van der Waals surface area (Å²) in [5, 5.41) is 18.3. The Morgan fingerprint density at radius 2 is 2.14 bits per heavy atom. The Hall–Kier alpha value is -2.74. The maximum Gasteiger partial charge on any atom is 0.278 e. The fourth-order valence-electron chi connectivity index (χ4n) is 2.13. The number of ether oxygens (including phenoxy) is 1. The first kappa shape index (κ1) is 14.2. The normalized spacial score (nSPS) is 17.0. The van der Waals surface area contributed by atoms with Gasteiger partial charge in [0.1, 0.15) is 0 Å². The molecule has 0 bridgehead atoms. The van der Waals surface area contributed by atoms with E-state index in [1.165, 1.54) is 24.3 Å². The SMILES string of the molecule is CC(=O)N1N=C(c2cccs2)O[C@H]1c1ccccc1[N+](=O)[O-]. The van der Waals surface area contributed by atoms with E-state index >= 15 is 0 Å². The molecule has 0 aliphatic carbocycles. The van der Waals surface area contributed by atoms with Gasteiger partial charge in [-0.3, -0.25) is 14.9 Å². The molecule has 1 aromatic carbocycles. The van der Waals surface area contributed by atoms with E-state index in [4.69, 9.17) is 4.74 Å². The lowest BCUT2D eigenvalue weighted by Crippen LogP contribution is -2.25. The topological polar surface area (TPSA) is 85.0 Å². The minimum absolute atomic E-state index is 0.110. The number of thiophene rings is 1. The molecule has 112 valence electrons. The van der Waals surface area contributed by atoms with Crippen molar-refractivity contribution in [1.82, 2.24) is 5.01 Å². The van der Waals surface area contributed by atoms with E-state index in [9.17, 15) is 14.9 Å². The number of carbonyl (C=O) groups excluding carboxylic acids is 1. The number of nitro groups is 1. The molecule has 1 aromatic heterocycles. The molecule has 1 aliphatic rings. The summed E-state index contributed by atoms with van der Waals surface area (Å²) in [7, 11) is 0. The monoisotopic (exact) mass is 317 g/mol. The van der Waals surface area contributed by atoms with E-state index in [0.29, 0.717) is 0 Å². The Morgan fingerprint density at radius 1 is 1.36 bits per heavy atom. The summed E-state index contributed by atoms with van der Waals surface area (Å²) >= 11 is 1.41. The fourth-order valence-corrected chi connectivity index (χ4v) is 2.78. The van der Waals surface area contributed by atoms with Gasteiger partial charge in [0.2, 0.25) is 12.1 Å². The van der Waals surface area contributed by atoms with E-state index in [0.717, 1.165) is 9.89 Å². The van der Waals surface area contributed by atoms with Crippen LogP contribution in [0.2, 0.25) is 0 Å². The van der Waals surface area contributed by atoms with Gasteiger partial charge < -0.3 is 4.74 Å². The average Bonchev–Trinajstić information content (AvgIpc) is 3.16. The number of hydrogen-bond acceptors (Lipinski definition) is 6. The van der Waals surface area contributed by atoms with Gasteiger partial charge in [0.15, 0.2) is 0 Å². The summed E-state index contributed by atoms with van der Waals surface area (Å²) in [6.45, 7) is 1.34. The molecule has 0 radical (unpaired) electrons.